The Balaban J connectivity index is 1.21. The van der Waals surface area contributed by atoms with Crippen molar-refractivity contribution < 1.29 is 4.79 Å². The molecule has 1 fully saturated rings. The van der Waals surface area contributed by atoms with E-state index in [2.05, 4.69) is 34.6 Å². The minimum absolute atomic E-state index is 0.00184. The fourth-order valence-electron chi connectivity index (χ4n) is 5.08. The number of para-hydroxylation sites is 2. The Morgan fingerprint density at radius 3 is 2.50 bits per heavy atom. The average molecular weight is 477 g/mol. The van der Waals surface area contributed by atoms with E-state index >= 15 is 0 Å². The van der Waals surface area contributed by atoms with Crippen LogP contribution in [-0.2, 0) is 11.2 Å². The van der Waals surface area contributed by atoms with E-state index in [9.17, 15) is 9.59 Å². The van der Waals surface area contributed by atoms with Gasteiger partial charge in [0.25, 0.3) is 5.56 Å². The van der Waals surface area contributed by atoms with E-state index in [0.29, 0.717) is 29.7 Å². The number of hydrogen-bond acceptors (Lipinski definition) is 3. The van der Waals surface area contributed by atoms with Gasteiger partial charge >= 0.3 is 0 Å². The molecule has 1 unspecified atom stereocenters. The van der Waals surface area contributed by atoms with Crippen molar-refractivity contribution in [1.29, 1.82) is 0 Å². The van der Waals surface area contributed by atoms with Crippen LogP contribution in [0.5, 0.6) is 0 Å². The molecule has 0 spiro atoms. The Hall–Kier alpha value is -4.19. The third-order valence-electron chi connectivity index (χ3n) is 7.07. The van der Waals surface area contributed by atoms with Crippen LogP contribution in [0.1, 0.15) is 48.2 Å². The van der Waals surface area contributed by atoms with Crippen molar-refractivity contribution in [2.45, 2.75) is 37.6 Å². The van der Waals surface area contributed by atoms with Crippen molar-refractivity contribution >= 4 is 27.7 Å². The van der Waals surface area contributed by atoms with Gasteiger partial charge in [0.2, 0.25) is 5.91 Å². The van der Waals surface area contributed by atoms with Crippen molar-refractivity contribution in [3.8, 4) is 0 Å². The fourth-order valence-corrected chi connectivity index (χ4v) is 5.08. The minimum atomic E-state index is -0.0412. The van der Waals surface area contributed by atoms with Crippen LogP contribution in [0.25, 0.3) is 21.8 Å². The highest BCUT2D eigenvalue weighted by molar-refractivity contribution is 5.84. The second kappa shape index (κ2) is 9.46. The summed E-state index contributed by atoms with van der Waals surface area (Å²) in [6.07, 6.45) is 4.74. The van der Waals surface area contributed by atoms with Gasteiger partial charge in [-0.2, -0.15) is 0 Å². The molecule has 180 valence electrons. The summed E-state index contributed by atoms with van der Waals surface area (Å²) in [5.74, 6) is 0.683. The number of rotatable bonds is 8. The molecule has 0 saturated heterocycles. The summed E-state index contributed by atoms with van der Waals surface area (Å²) in [6, 6.07) is 26.2. The van der Waals surface area contributed by atoms with E-state index in [1.54, 1.807) is 0 Å². The summed E-state index contributed by atoms with van der Waals surface area (Å²) in [5.41, 5.74) is 4.10. The van der Waals surface area contributed by atoms with Crippen LogP contribution in [0.4, 0.5) is 0 Å². The molecule has 6 rings (SSSR count). The van der Waals surface area contributed by atoms with Crippen LogP contribution >= 0.6 is 0 Å². The molecule has 0 bridgehead atoms. The Labute approximate surface area is 209 Å². The number of fused-ring (bicyclic) bond motifs is 2. The van der Waals surface area contributed by atoms with Crippen molar-refractivity contribution in [2.24, 2.45) is 0 Å². The average Bonchev–Trinajstić information content (AvgIpc) is 3.67. The molecule has 2 N–H and O–H groups in total. The number of nitrogens with zero attached hydrogens (tertiary/aromatic N) is 2. The Bertz CT molecular complexity index is 1600. The highest BCUT2D eigenvalue weighted by Gasteiger charge is 2.28. The molecular formula is C30H28N4O2. The first-order valence-corrected chi connectivity index (χ1v) is 12.6. The molecular weight excluding hydrogens is 448 g/mol. The number of aromatic nitrogens is 3. The third-order valence-corrected chi connectivity index (χ3v) is 7.07. The molecule has 2 aromatic heterocycles. The maximum absolute atomic E-state index is 13.1. The largest absolute Gasteiger partial charge is 0.361 e. The van der Waals surface area contributed by atoms with E-state index in [-0.39, 0.29) is 29.8 Å². The zero-order valence-electron chi connectivity index (χ0n) is 20.0. The quantitative estimate of drug-likeness (QED) is 0.327. The number of aryl methyl sites for hydroxylation is 1. The molecule has 6 nitrogen and oxygen atoms in total. The molecule has 1 saturated carbocycles. The van der Waals surface area contributed by atoms with Gasteiger partial charge in [0, 0.05) is 48.4 Å². The standard InChI is InChI=1S/C30H28N4O2/c35-29(17-16-28-33-27-13-7-5-11-23(27)30(36)34(28)21-14-15-21)32-18-24(20-8-2-1-3-9-20)25-19-31-26-12-6-4-10-22(25)26/h1-13,19,21,24,31H,14-18H2,(H,32,35). The van der Waals surface area contributed by atoms with Crippen molar-refractivity contribution in [3.05, 3.63) is 112 Å². The highest BCUT2D eigenvalue weighted by atomic mass is 16.1. The van der Waals surface area contributed by atoms with Gasteiger partial charge in [-0.3, -0.25) is 14.2 Å². The Morgan fingerprint density at radius 1 is 0.972 bits per heavy atom. The van der Waals surface area contributed by atoms with Crippen molar-refractivity contribution in [2.75, 3.05) is 6.54 Å². The third kappa shape index (κ3) is 4.31. The topological polar surface area (TPSA) is 79.8 Å². The number of carbonyl (C=O) groups is 1. The van der Waals surface area contributed by atoms with Crippen LogP contribution in [0.2, 0.25) is 0 Å². The van der Waals surface area contributed by atoms with E-state index in [1.165, 1.54) is 0 Å². The first-order chi connectivity index (χ1) is 17.7. The summed E-state index contributed by atoms with van der Waals surface area (Å²) in [4.78, 5) is 34.2. The lowest BCUT2D eigenvalue weighted by Crippen LogP contribution is -2.30. The highest BCUT2D eigenvalue weighted by Crippen LogP contribution is 2.35. The molecule has 0 aliphatic heterocycles. The Kier molecular flexibility index (Phi) is 5.85. The van der Waals surface area contributed by atoms with Crippen molar-refractivity contribution in [1.82, 2.24) is 19.9 Å². The van der Waals surface area contributed by atoms with Gasteiger partial charge in [-0.1, -0.05) is 60.7 Å². The summed E-state index contributed by atoms with van der Waals surface area (Å²) in [5, 5.41) is 4.95. The fraction of sp³-hybridized carbons (Fsp3) is 0.233. The van der Waals surface area contributed by atoms with E-state index in [1.807, 2.05) is 65.4 Å². The van der Waals surface area contributed by atoms with E-state index in [0.717, 1.165) is 34.9 Å². The minimum Gasteiger partial charge on any atom is -0.361 e. The predicted molar refractivity (Wildman–Crippen MR) is 142 cm³/mol. The van der Waals surface area contributed by atoms with Gasteiger partial charge in [0.1, 0.15) is 5.82 Å². The number of aromatic amines is 1. The molecule has 1 atom stereocenters. The van der Waals surface area contributed by atoms with Crippen LogP contribution in [0.3, 0.4) is 0 Å². The Morgan fingerprint density at radius 2 is 1.69 bits per heavy atom. The molecule has 3 aromatic carbocycles. The number of amides is 1. The molecule has 1 aliphatic carbocycles. The molecule has 6 heteroatoms. The second-order valence-corrected chi connectivity index (χ2v) is 9.51. The summed E-state index contributed by atoms with van der Waals surface area (Å²) >= 11 is 0. The monoisotopic (exact) mass is 476 g/mol. The van der Waals surface area contributed by atoms with Gasteiger partial charge in [-0.05, 0) is 42.2 Å². The molecule has 0 radical (unpaired) electrons. The predicted octanol–water partition coefficient (Wildman–Crippen LogP) is 5.09. The lowest BCUT2D eigenvalue weighted by Gasteiger charge is -2.18. The van der Waals surface area contributed by atoms with E-state index < -0.39 is 0 Å². The molecule has 1 amide bonds. The summed E-state index contributed by atoms with van der Waals surface area (Å²) in [6.45, 7) is 0.491. The summed E-state index contributed by atoms with van der Waals surface area (Å²) < 4.78 is 1.81. The van der Waals surface area contributed by atoms with Gasteiger partial charge in [0.15, 0.2) is 0 Å². The van der Waals surface area contributed by atoms with Crippen LogP contribution in [0.15, 0.2) is 89.9 Å². The first-order valence-electron chi connectivity index (χ1n) is 12.6. The maximum atomic E-state index is 13.1. The van der Waals surface area contributed by atoms with Gasteiger partial charge < -0.3 is 10.3 Å². The maximum Gasteiger partial charge on any atom is 0.261 e. The molecule has 1 aliphatic rings. The number of carbonyl (C=O) groups excluding carboxylic acids is 1. The number of H-pyrrole nitrogens is 1. The zero-order chi connectivity index (χ0) is 24.5. The summed E-state index contributed by atoms with van der Waals surface area (Å²) in [7, 11) is 0. The lowest BCUT2D eigenvalue weighted by molar-refractivity contribution is -0.121. The number of hydrogen-bond donors (Lipinski definition) is 2. The second-order valence-electron chi connectivity index (χ2n) is 9.51. The van der Waals surface area contributed by atoms with E-state index in [4.69, 9.17) is 4.98 Å². The molecule has 2 heterocycles. The normalized spacial score (nSPS) is 14.2. The molecule has 5 aromatic rings. The molecule has 36 heavy (non-hydrogen) atoms. The number of benzene rings is 3. The van der Waals surface area contributed by atoms with Crippen molar-refractivity contribution in [3.63, 3.8) is 0 Å². The zero-order valence-corrected chi connectivity index (χ0v) is 20.0. The SMILES string of the molecule is O=C(CCc1nc2ccccc2c(=O)n1C1CC1)NCC(c1ccccc1)c1c[nH]c2ccccc12. The lowest BCUT2D eigenvalue weighted by atomic mass is 9.91. The van der Waals surface area contributed by atoms with Crippen LogP contribution in [0, 0.1) is 0 Å². The number of nitrogens with one attached hydrogen (secondary N) is 2. The first kappa shape index (κ1) is 22.3. The van der Waals surface area contributed by atoms with Crippen LogP contribution < -0.4 is 10.9 Å². The van der Waals surface area contributed by atoms with Crippen LogP contribution in [-0.4, -0.2) is 27.0 Å². The smallest absolute Gasteiger partial charge is 0.261 e. The van der Waals surface area contributed by atoms with Gasteiger partial charge in [-0.15, -0.1) is 0 Å². The van der Waals surface area contributed by atoms with Gasteiger partial charge in [-0.25, -0.2) is 4.98 Å². The van der Waals surface area contributed by atoms with Gasteiger partial charge in [0.05, 0.1) is 10.9 Å².